The van der Waals surface area contributed by atoms with Crippen LogP contribution in [0.15, 0.2) is 17.5 Å². The first-order chi connectivity index (χ1) is 9.16. The van der Waals surface area contributed by atoms with Crippen molar-refractivity contribution in [1.29, 1.82) is 0 Å². The maximum absolute atomic E-state index is 11.7. The van der Waals surface area contributed by atoms with Crippen molar-refractivity contribution in [3.63, 3.8) is 0 Å². The van der Waals surface area contributed by atoms with Crippen LogP contribution in [0.25, 0.3) is 0 Å². The molecule has 0 radical (unpaired) electrons. The number of amides is 1. The third-order valence-electron chi connectivity index (χ3n) is 3.51. The molecule has 1 aromatic rings. The summed E-state index contributed by atoms with van der Waals surface area (Å²) in [5, 5.41) is 4.76. The second-order valence-corrected chi connectivity index (χ2v) is 5.94. The first-order valence-electron chi connectivity index (χ1n) is 6.67. The van der Waals surface area contributed by atoms with Gasteiger partial charge in [0, 0.05) is 6.04 Å². The maximum atomic E-state index is 11.7. The molecular weight excluding hydrogens is 262 g/mol. The van der Waals surface area contributed by atoms with E-state index in [0.717, 1.165) is 19.3 Å². The Morgan fingerprint density at radius 2 is 2.21 bits per heavy atom. The molecule has 1 heterocycles. The van der Waals surface area contributed by atoms with Crippen LogP contribution in [0.3, 0.4) is 0 Å². The molecule has 4 nitrogen and oxygen atoms in total. The lowest BCUT2D eigenvalue weighted by Gasteiger charge is -2.29. The normalized spacial score (nSPS) is 22.8. The highest BCUT2D eigenvalue weighted by atomic mass is 32.1. The minimum absolute atomic E-state index is 0.194. The van der Waals surface area contributed by atoms with E-state index in [2.05, 4.69) is 12.2 Å². The minimum atomic E-state index is -0.429. The van der Waals surface area contributed by atoms with E-state index in [4.69, 9.17) is 4.74 Å². The van der Waals surface area contributed by atoms with Crippen molar-refractivity contribution >= 4 is 23.2 Å². The smallest absolute Gasteiger partial charge is 0.348 e. The Morgan fingerprint density at radius 3 is 2.89 bits per heavy atom. The van der Waals surface area contributed by atoms with Crippen molar-refractivity contribution in [2.24, 2.45) is 5.92 Å². The summed E-state index contributed by atoms with van der Waals surface area (Å²) in [6.45, 7) is 1.96. The van der Waals surface area contributed by atoms with Gasteiger partial charge in [-0.05, 0) is 30.2 Å². The Balaban J connectivity index is 1.74. The Labute approximate surface area is 117 Å². The molecule has 0 aliphatic heterocycles. The van der Waals surface area contributed by atoms with Gasteiger partial charge in [-0.1, -0.05) is 25.8 Å². The van der Waals surface area contributed by atoms with Gasteiger partial charge in [-0.15, -0.1) is 11.3 Å². The van der Waals surface area contributed by atoms with Gasteiger partial charge < -0.3 is 10.1 Å². The van der Waals surface area contributed by atoms with Crippen molar-refractivity contribution in [1.82, 2.24) is 5.32 Å². The number of carbonyl (C=O) groups excluding carboxylic acids is 2. The van der Waals surface area contributed by atoms with E-state index in [-0.39, 0.29) is 18.6 Å². The molecule has 1 amide bonds. The quantitative estimate of drug-likeness (QED) is 0.863. The SMILES string of the molecule is CC1CCCCC1NC(=O)COC(=O)c1cccs1. The third kappa shape index (κ3) is 4.06. The van der Waals surface area contributed by atoms with E-state index in [9.17, 15) is 9.59 Å². The van der Waals surface area contributed by atoms with Crippen LogP contribution in [0, 0.1) is 5.92 Å². The van der Waals surface area contributed by atoms with E-state index in [1.54, 1.807) is 17.5 Å². The summed E-state index contributed by atoms with van der Waals surface area (Å²) < 4.78 is 4.98. The average molecular weight is 281 g/mol. The van der Waals surface area contributed by atoms with Crippen molar-refractivity contribution in [2.75, 3.05) is 6.61 Å². The van der Waals surface area contributed by atoms with E-state index >= 15 is 0 Å². The molecule has 1 saturated carbocycles. The summed E-state index contributed by atoms with van der Waals surface area (Å²) in [4.78, 5) is 23.8. The fourth-order valence-electron chi connectivity index (χ4n) is 2.38. The number of carbonyl (C=O) groups is 2. The molecule has 0 bridgehead atoms. The van der Waals surface area contributed by atoms with Gasteiger partial charge in [0.15, 0.2) is 6.61 Å². The maximum Gasteiger partial charge on any atom is 0.348 e. The van der Waals surface area contributed by atoms with Crippen LogP contribution in [-0.4, -0.2) is 24.5 Å². The molecule has 2 atom stereocenters. The van der Waals surface area contributed by atoms with Gasteiger partial charge >= 0.3 is 5.97 Å². The molecule has 1 N–H and O–H groups in total. The van der Waals surface area contributed by atoms with Crippen LogP contribution in [0.4, 0.5) is 0 Å². The molecular formula is C14H19NO3S. The standard InChI is InChI=1S/C14H19NO3S/c1-10-5-2-3-6-11(10)15-13(16)9-18-14(17)12-7-4-8-19-12/h4,7-8,10-11H,2-3,5-6,9H2,1H3,(H,15,16). The Bertz CT molecular complexity index is 430. The van der Waals surface area contributed by atoms with E-state index < -0.39 is 5.97 Å². The van der Waals surface area contributed by atoms with Gasteiger partial charge in [0.25, 0.3) is 5.91 Å². The Kier molecular flexibility index (Phi) is 4.96. The predicted molar refractivity (Wildman–Crippen MR) is 74.2 cm³/mol. The van der Waals surface area contributed by atoms with Gasteiger partial charge in [0.1, 0.15) is 4.88 Å². The number of nitrogens with one attached hydrogen (secondary N) is 1. The molecule has 19 heavy (non-hydrogen) atoms. The van der Waals surface area contributed by atoms with Gasteiger partial charge in [0.2, 0.25) is 0 Å². The molecule has 1 aromatic heterocycles. The van der Waals surface area contributed by atoms with Gasteiger partial charge in [-0.25, -0.2) is 4.79 Å². The third-order valence-corrected chi connectivity index (χ3v) is 4.36. The summed E-state index contributed by atoms with van der Waals surface area (Å²) >= 11 is 1.31. The highest BCUT2D eigenvalue weighted by molar-refractivity contribution is 7.11. The van der Waals surface area contributed by atoms with Crippen molar-refractivity contribution in [3.8, 4) is 0 Å². The number of thiophene rings is 1. The molecule has 1 aliphatic rings. The summed E-state index contributed by atoms with van der Waals surface area (Å²) in [6.07, 6.45) is 4.57. The largest absolute Gasteiger partial charge is 0.451 e. The van der Waals surface area contributed by atoms with E-state index in [0.29, 0.717) is 10.8 Å². The van der Waals surface area contributed by atoms with Crippen molar-refractivity contribution in [3.05, 3.63) is 22.4 Å². The molecule has 0 aromatic carbocycles. The second kappa shape index (κ2) is 6.70. The topological polar surface area (TPSA) is 55.4 Å². The van der Waals surface area contributed by atoms with Crippen LogP contribution in [0.5, 0.6) is 0 Å². The number of ether oxygens (including phenoxy) is 1. The molecule has 0 saturated heterocycles. The highest BCUT2D eigenvalue weighted by Crippen LogP contribution is 2.23. The monoisotopic (exact) mass is 281 g/mol. The summed E-state index contributed by atoms with van der Waals surface area (Å²) in [7, 11) is 0. The molecule has 0 spiro atoms. The fraction of sp³-hybridized carbons (Fsp3) is 0.571. The summed E-state index contributed by atoms with van der Waals surface area (Å²) in [5.74, 6) is -0.129. The second-order valence-electron chi connectivity index (χ2n) is 4.99. The fourth-order valence-corrected chi connectivity index (χ4v) is 2.99. The molecule has 2 rings (SSSR count). The zero-order valence-electron chi connectivity index (χ0n) is 11.1. The number of hydrogen-bond donors (Lipinski definition) is 1. The van der Waals surface area contributed by atoms with E-state index in [1.165, 1.54) is 17.8 Å². The predicted octanol–water partition coefficient (Wildman–Crippen LogP) is 2.60. The first-order valence-corrected chi connectivity index (χ1v) is 7.55. The Hall–Kier alpha value is -1.36. The van der Waals surface area contributed by atoms with Crippen molar-refractivity contribution in [2.45, 2.75) is 38.6 Å². The highest BCUT2D eigenvalue weighted by Gasteiger charge is 2.23. The molecule has 2 unspecified atom stereocenters. The average Bonchev–Trinajstić information content (AvgIpc) is 2.93. The lowest BCUT2D eigenvalue weighted by Crippen LogP contribution is -2.42. The minimum Gasteiger partial charge on any atom is -0.451 e. The van der Waals surface area contributed by atoms with E-state index in [1.807, 2.05) is 0 Å². The van der Waals surface area contributed by atoms with Crippen LogP contribution < -0.4 is 5.32 Å². The molecule has 5 heteroatoms. The van der Waals surface area contributed by atoms with Crippen LogP contribution in [0.2, 0.25) is 0 Å². The van der Waals surface area contributed by atoms with Crippen molar-refractivity contribution < 1.29 is 14.3 Å². The Morgan fingerprint density at radius 1 is 1.42 bits per heavy atom. The van der Waals surface area contributed by atoms with Gasteiger partial charge in [0.05, 0.1) is 0 Å². The molecule has 104 valence electrons. The zero-order chi connectivity index (χ0) is 13.7. The molecule has 1 aliphatic carbocycles. The number of esters is 1. The number of hydrogen-bond acceptors (Lipinski definition) is 4. The summed E-state index contributed by atoms with van der Waals surface area (Å²) in [5.41, 5.74) is 0. The lowest BCUT2D eigenvalue weighted by atomic mass is 9.86. The van der Waals surface area contributed by atoms with Gasteiger partial charge in [-0.3, -0.25) is 4.79 Å². The van der Waals surface area contributed by atoms with Crippen LogP contribution >= 0.6 is 11.3 Å². The van der Waals surface area contributed by atoms with Crippen LogP contribution in [0.1, 0.15) is 42.3 Å². The lowest BCUT2D eigenvalue weighted by molar-refractivity contribution is -0.125. The zero-order valence-corrected chi connectivity index (χ0v) is 11.9. The molecule has 1 fully saturated rings. The van der Waals surface area contributed by atoms with Crippen LogP contribution in [-0.2, 0) is 9.53 Å². The number of rotatable bonds is 4. The summed E-state index contributed by atoms with van der Waals surface area (Å²) in [6, 6.07) is 3.70. The van der Waals surface area contributed by atoms with Gasteiger partial charge in [-0.2, -0.15) is 0 Å². The first kappa shape index (κ1) is 14.1.